The van der Waals surface area contributed by atoms with Crippen LogP contribution in [0.5, 0.6) is 0 Å². The Morgan fingerprint density at radius 3 is 1.40 bits per heavy atom. The molecule has 4 rings (SSSR count). The minimum Gasteiger partial charge on any atom is -0.294 e. The lowest BCUT2D eigenvalue weighted by Gasteiger charge is -2.08. The lowest BCUT2D eigenvalue weighted by molar-refractivity contribution is 0.796. The first-order valence-corrected chi connectivity index (χ1v) is 6.65. The maximum atomic E-state index is 12.3. The summed E-state index contributed by atoms with van der Waals surface area (Å²) in [5.41, 5.74) is 2.03. The number of rotatable bonds is 0. The zero-order valence-corrected chi connectivity index (χ0v) is 11.4. The summed E-state index contributed by atoms with van der Waals surface area (Å²) in [6.07, 6.45) is 0. The van der Waals surface area contributed by atoms with Gasteiger partial charge in [-0.1, -0.05) is 48.5 Å². The molecule has 4 aromatic rings. The van der Waals surface area contributed by atoms with Gasteiger partial charge in [-0.15, -0.1) is 0 Å². The summed E-state index contributed by atoms with van der Waals surface area (Å²) in [7, 11) is 3.68. The van der Waals surface area contributed by atoms with E-state index in [4.69, 9.17) is 0 Å². The number of nitrogens with zero attached hydrogens (tertiary/aromatic N) is 2. The van der Waals surface area contributed by atoms with Crippen LogP contribution in [0.1, 0.15) is 0 Å². The van der Waals surface area contributed by atoms with Gasteiger partial charge in [-0.3, -0.25) is 9.13 Å². The third-order valence-electron chi connectivity index (χ3n) is 4.12. The molecule has 0 radical (unpaired) electrons. The first-order chi connectivity index (χ1) is 9.70. The third-order valence-corrected chi connectivity index (χ3v) is 4.12. The number of imidazole rings is 1. The minimum atomic E-state index is 0.0153. The summed E-state index contributed by atoms with van der Waals surface area (Å²) in [4.78, 5) is 12.3. The summed E-state index contributed by atoms with van der Waals surface area (Å²) in [6.45, 7) is 0. The van der Waals surface area contributed by atoms with Crippen molar-refractivity contribution < 1.29 is 0 Å². The molecule has 0 bridgehead atoms. The molecule has 0 saturated carbocycles. The molecule has 0 unspecified atom stereocenters. The second kappa shape index (κ2) is 3.73. The molecule has 1 heterocycles. The molecule has 0 saturated heterocycles. The quantitative estimate of drug-likeness (QED) is 0.447. The van der Waals surface area contributed by atoms with E-state index in [1.54, 1.807) is 9.13 Å². The van der Waals surface area contributed by atoms with Crippen LogP contribution in [0.2, 0.25) is 0 Å². The van der Waals surface area contributed by atoms with Crippen molar-refractivity contribution in [3.63, 3.8) is 0 Å². The van der Waals surface area contributed by atoms with E-state index in [9.17, 15) is 4.79 Å². The molecule has 1 aromatic heterocycles. The fourth-order valence-corrected chi connectivity index (χ4v) is 3.20. The van der Waals surface area contributed by atoms with E-state index in [0.29, 0.717) is 0 Å². The highest BCUT2D eigenvalue weighted by molar-refractivity contribution is 6.23. The molecule has 0 fully saturated rings. The van der Waals surface area contributed by atoms with Gasteiger partial charge in [-0.25, -0.2) is 4.79 Å². The van der Waals surface area contributed by atoms with Gasteiger partial charge in [0.2, 0.25) is 0 Å². The maximum absolute atomic E-state index is 12.3. The lowest BCUT2D eigenvalue weighted by atomic mass is 10.00. The molecule has 3 heteroatoms. The number of hydrogen-bond acceptors (Lipinski definition) is 1. The lowest BCUT2D eigenvalue weighted by Crippen LogP contribution is -2.19. The predicted octanol–water partition coefficient (Wildman–Crippen LogP) is 3.18. The van der Waals surface area contributed by atoms with E-state index in [2.05, 4.69) is 24.3 Å². The predicted molar refractivity (Wildman–Crippen MR) is 83.2 cm³/mol. The Labute approximate surface area is 115 Å². The average Bonchev–Trinajstić information content (AvgIpc) is 2.73. The van der Waals surface area contributed by atoms with Crippen LogP contribution in [0.3, 0.4) is 0 Å². The van der Waals surface area contributed by atoms with Gasteiger partial charge < -0.3 is 0 Å². The molecule has 0 aliphatic carbocycles. The molecule has 0 N–H and O–H groups in total. The van der Waals surface area contributed by atoms with Crippen LogP contribution in [0.4, 0.5) is 0 Å². The van der Waals surface area contributed by atoms with Crippen LogP contribution in [0.25, 0.3) is 32.6 Å². The smallest absolute Gasteiger partial charge is 0.294 e. The van der Waals surface area contributed by atoms with Gasteiger partial charge in [0.1, 0.15) is 0 Å². The van der Waals surface area contributed by atoms with Crippen LogP contribution in [0.15, 0.2) is 53.3 Å². The fourth-order valence-electron chi connectivity index (χ4n) is 3.20. The van der Waals surface area contributed by atoms with Gasteiger partial charge in [0.05, 0.1) is 11.0 Å². The van der Waals surface area contributed by atoms with E-state index in [1.165, 1.54) is 10.8 Å². The first-order valence-electron chi connectivity index (χ1n) is 6.65. The zero-order chi connectivity index (χ0) is 13.9. The van der Waals surface area contributed by atoms with Crippen molar-refractivity contribution in [1.29, 1.82) is 0 Å². The number of aromatic nitrogens is 2. The van der Waals surface area contributed by atoms with Crippen molar-refractivity contribution in [3.8, 4) is 0 Å². The topological polar surface area (TPSA) is 26.9 Å². The fraction of sp³-hybridized carbons (Fsp3) is 0.118. The highest BCUT2D eigenvalue weighted by atomic mass is 16.1. The Hall–Kier alpha value is -2.55. The molecule has 98 valence electrons. The van der Waals surface area contributed by atoms with E-state index in [0.717, 1.165) is 21.8 Å². The average molecular weight is 262 g/mol. The second-order valence-corrected chi connectivity index (χ2v) is 5.19. The highest BCUT2D eigenvalue weighted by Crippen LogP contribution is 2.33. The molecule has 0 amide bonds. The van der Waals surface area contributed by atoms with Crippen molar-refractivity contribution >= 4 is 32.6 Å². The SMILES string of the molecule is Cn1c(=O)n(C)c2c3ccccc3c3ccccc3c21. The summed E-state index contributed by atoms with van der Waals surface area (Å²) in [5, 5.41) is 4.64. The van der Waals surface area contributed by atoms with Crippen LogP contribution >= 0.6 is 0 Å². The Kier molecular flexibility index (Phi) is 2.11. The van der Waals surface area contributed by atoms with Gasteiger partial charge >= 0.3 is 5.69 Å². The van der Waals surface area contributed by atoms with E-state index in [1.807, 2.05) is 38.4 Å². The van der Waals surface area contributed by atoms with E-state index < -0.39 is 0 Å². The number of benzene rings is 3. The summed E-state index contributed by atoms with van der Waals surface area (Å²) in [5.74, 6) is 0. The molecule has 0 spiro atoms. The van der Waals surface area contributed by atoms with E-state index >= 15 is 0 Å². The second-order valence-electron chi connectivity index (χ2n) is 5.19. The summed E-state index contributed by atoms with van der Waals surface area (Å²) in [6, 6.07) is 16.5. The molecular formula is C17H14N2O. The van der Waals surface area contributed by atoms with Crippen LogP contribution < -0.4 is 5.69 Å². The van der Waals surface area contributed by atoms with E-state index in [-0.39, 0.29) is 5.69 Å². The van der Waals surface area contributed by atoms with Crippen molar-refractivity contribution in [2.45, 2.75) is 0 Å². The molecule has 0 aliphatic heterocycles. The molecule has 3 aromatic carbocycles. The summed E-state index contributed by atoms with van der Waals surface area (Å²) >= 11 is 0. The Balaban J connectivity index is 2.53. The Morgan fingerprint density at radius 1 is 0.650 bits per heavy atom. The van der Waals surface area contributed by atoms with Crippen molar-refractivity contribution in [2.75, 3.05) is 0 Å². The molecule has 0 aliphatic rings. The Bertz CT molecular complexity index is 956. The van der Waals surface area contributed by atoms with Gasteiger partial charge in [-0.2, -0.15) is 0 Å². The maximum Gasteiger partial charge on any atom is 0.328 e. The number of hydrogen-bond donors (Lipinski definition) is 0. The van der Waals surface area contributed by atoms with Crippen molar-refractivity contribution in [2.24, 2.45) is 14.1 Å². The van der Waals surface area contributed by atoms with Crippen molar-refractivity contribution in [1.82, 2.24) is 9.13 Å². The minimum absolute atomic E-state index is 0.0153. The van der Waals surface area contributed by atoms with Crippen LogP contribution in [0, 0.1) is 0 Å². The largest absolute Gasteiger partial charge is 0.328 e. The summed E-state index contributed by atoms with van der Waals surface area (Å²) < 4.78 is 3.48. The Morgan fingerprint density at radius 2 is 1.00 bits per heavy atom. The normalized spacial score (nSPS) is 11.7. The van der Waals surface area contributed by atoms with Gasteiger partial charge in [-0.05, 0) is 10.8 Å². The monoisotopic (exact) mass is 262 g/mol. The molecule has 0 atom stereocenters. The third kappa shape index (κ3) is 1.22. The molecule has 20 heavy (non-hydrogen) atoms. The number of fused-ring (bicyclic) bond motifs is 6. The highest BCUT2D eigenvalue weighted by Gasteiger charge is 2.15. The van der Waals surface area contributed by atoms with Gasteiger partial charge in [0.15, 0.2) is 0 Å². The molecule has 3 nitrogen and oxygen atoms in total. The van der Waals surface area contributed by atoms with Crippen LogP contribution in [-0.4, -0.2) is 9.13 Å². The van der Waals surface area contributed by atoms with Crippen molar-refractivity contribution in [3.05, 3.63) is 59.0 Å². The van der Waals surface area contributed by atoms with Crippen LogP contribution in [-0.2, 0) is 14.1 Å². The molecular weight excluding hydrogens is 248 g/mol. The van der Waals surface area contributed by atoms with Gasteiger partial charge in [0.25, 0.3) is 0 Å². The van der Waals surface area contributed by atoms with Gasteiger partial charge in [0, 0.05) is 24.9 Å². The standard InChI is InChI=1S/C17H14N2O/c1-18-15-13-9-5-3-7-11(13)12-8-4-6-10-14(12)16(15)19(2)17(18)20/h3-10H,1-2H3. The number of aryl methyl sites for hydroxylation is 2. The first kappa shape index (κ1) is 11.3. The zero-order valence-electron chi connectivity index (χ0n) is 11.4.